The van der Waals surface area contributed by atoms with Crippen molar-refractivity contribution in [1.29, 1.82) is 0 Å². The Morgan fingerprint density at radius 2 is 1.74 bits per heavy atom. The lowest BCUT2D eigenvalue weighted by Crippen LogP contribution is -2.11. The van der Waals surface area contributed by atoms with Crippen LogP contribution in [0.5, 0.6) is 0 Å². The van der Waals surface area contributed by atoms with E-state index < -0.39 is 6.10 Å². The Labute approximate surface area is 122 Å². The van der Waals surface area contributed by atoms with E-state index in [2.05, 4.69) is 61.0 Å². The van der Waals surface area contributed by atoms with Gasteiger partial charge in [-0.2, -0.15) is 0 Å². The molecule has 0 saturated heterocycles. The van der Waals surface area contributed by atoms with E-state index in [0.717, 1.165) is 5.56 Å². The van der Waals surface area contributed by atoms with Crippen LogP contribution in [0.3, 0.4) is 0 Å². The molecule has 1 atom stereocenters. The van der Waals surface area contributed by atoms with Crippen LogP contribution in [-0.4, -0.2) is 5.11 Å². The minimum atomic E-state index is -0.605. The zero-order valence-electron chi connectivity index (χ0n) is 11.5. The van der Waals surface area contributed by atoms with Gasteiger partial charge in [0.1, 0.15) is 11.9 Å². The van der Waals surface area contributed by atoms with Crippen LogP contribution in [0.15, 0.2) is 45.5 Å². The number of benzene rings is 1. The maximum absolute atomic E-state index is 10.1. The zero-order valence-corrected chi connectivity index (χ0v) is 13.1. The predicted molar refractivity (Wildman–Crippen MR) is 80.2 cm³/mol. The van der Waals surface area contributed by atoms with Crippen LogP contribution in [-0.2, 0) is 11.8 Å². The second kappa shape index (κ2) is 5.51. The summed E-state index contributed by atoms with van der Waals surface area (Å²) in [7, 11) is 0. The number of aliphatic hydroxyl groups excluding tert-OH is 1. The summed E-state index contributed by atoms with van der Waals surface area (Å²) in [5.41, 5.74) is 2.56. The molecule has 0 amide bonds. The number of aliphatic hydroxyl groups is 1. The Morgan fingerprint density at radius 1 is 1.11 bits per heavy atom. The maximum atomic E-state index is 10.1. The molecule has 1 N–H and O–H groups in total. The standard InChI is InChI=1S/C16H19BrO2/c1-16(2,3)12-6-4-11(5-7-12)10-13(18)14-8-9-15(17)19-14/h4-9,13,18H,10H2,1-3H3. The molecule has 0 radical (unpaired) electrons. The Balaban J connectivity index is 2.07. The minimum Gasteiger partial charge on any atom is -0.452 e. The smallest absolute Gasteiger partial charge is 0.169 e. The van der Waals surface area contributed by atoms with Gasteiger partial charge in [0.15, 0.2) is 4.67 Å². The van der Waals surface area contributed by atoms with Crippen LogP contribution in [0.4, 0.5) is 0 Å². The molecule has 2 aromatic rings. The van der Waals surface area contributed by atoms with Crippen LogP contribution in [0.1, 0.15) is 43.8 Å². The highest BCUT2D eigenvalue weighted by Gasteiger charge is 2.15. The third-order valence-electron chi connectivity index (χ3n) is 3.17. The summed E-state index contributed by atoms with van der Waals surface area (Å²) >= 11 is 3.24. The van der Waals surface area contributed by atoms with Gasteiger partial charge in [-0.3, -0.25) is 0 Å². The fourth-order valence-electron chi connectivity index (χ4n) is 1.97. The summed E-state index contributed by atoms with van der Waals surface area (Å²) in [6, 6.07) is 12.0. The lowest BCUT2D eigenvalue weighted by atomic mass is 9.86. The van der Waals surface area contributed by atoms with E-state index in [0.29, 0.717) is 16.9 Å². The Kier molecular flexibility index (Phi) is 4.16. The van der Waals surface area contributed by atoms with E-state index >= 15 is 0 Å². The van der Waals surface area contributed by atoms with Crippen LogP contribution < -0.4 is 0 Å². The molecule has 2 nitrogen and oxygen atoms in total. The van der Waals surface area contributed by atoms with E-state index in [-0.39, 0.29) is 5.41 Å². The molecule has 0 aliphatic rings. The molecule has 0 spiro atoms. The molecule has 1 aromatic carbocycles. The molecule has 102 valence electrons. The number of hydrogen-bond acceptors (Lipinski definition) is 2. The number of rotatable bonds is 3. The summed E-state index contributed by atoms with van der Waals surface area (Å²) in [6.45, 7) is 6.58. The van der Waals surface area contributed by atoms with Gasteiger partial charge in [0, 0.05) is 6.42 Å². The second-order valence-corrected chi connectivity index (χ2v) is 6.59. The van der Waals surface area contributed by atoms with Crippen molar-refractivity contribution in [2.24, 2.45) is 0 Å². The van der Waals surface area contributed by atoms with Crippen LogP contribution in [0.25, 0.3) is 0 Å². The van der Waals surface area contributed by atoms with Gasteiger partial charge < -0.3 is 9.52 Å². The van der Waals surface area contributed by atoms with Crippen LogP contribution in [0, 0.1) is 0 Å². The molecular weight excluding hydrogens is 304 g/mol. The van der Waals surface area contributed by atoms with Crippen molar-refractivity contribution in [3.8, 4) is 0 Å². The van der Waals surface area contributed by atoms with Crippen molar-refractivity contribution in [3.05, 3.63) is 58.0 Å². The first-order valence-corrected chi connectivity index (χ1v) is 7.18. The van der Waals surface area contributed by atoms with Crippen molar-refractivity contribution >= 4 is 15.9 Å². The number of halogens is 1. The van der Waals surface area contributed by atoms with Gasteiger partial charge in [-0.25, -0.2) is 0 Å². The van der Waals surface area contributed by atoms with Gasteiger partial charge in [0.25, 0.3) is 0 Å². The highest BCUT2D eigenvalue weighted by molar-refractivity contribution is 9.10. The number of hydrogen-bond donors (Lipinski definition) is 1. The van der Waals surface area contributed by atoms with Gasteiger partial charge in [-0.05, 0) is 44.6 Å². The van der Waals surface area contributed by atoms with Crippen LogP contribution in [0.2, 0.25) is 0 Å². The third kappa shape index (κ3) is 3.71. The normalized spacial score (nSPS) is 13.5. The highest BCUT2D eigenvalue weighted by Crippen LogP contribution is 2.25. The molecule has 0 fully saturated rings. The summed E-state index contributed by atoms with van der Waals surface area (Å²) < 4.78 is 6.01. The molecule has 1 heterocycles. The Morgan fingerprint density at radius 3 is 2.21 bits per heavy atom. The zero-order chi connectivity index (χ0) is 14.0. The monoisotopic (exact) mass is 322 g/mol. The molecule has 0 bridgehead atoms. The quantitative estimate of drug-likeness (QED) is 0.894. The molecule has 19 heavy (non-hydrogen) atoms. The molecule has 3 heteroatoms. The second-order valence-electron chi connectivity index (χ2n) is 5.81. The summed E-state index contributed by atoms with van der Waals surface area (Å²) in [5.74, 6) is 0.590. The lowest BCUT2D eigenvalue weighted by Gasteiger charge is -2.19. The van der Waals surface area contributed by atoms with E-state index in [1.54, 1.807) is 12.1 Å². The largest absolute Gasteiger partial charge is 0.452 e. The van der Waals surface area contributed by atoms with E-state index in [1.807, 2.05) is 0 Å². The SMILES string of the molecule is CC(C)(C)c1ccc(CC(O)c2ccc(Br)o2)cc1. The van der Waals surface area contributed by atoms with Gasteiger partial charge in [-0.15, -0.1) is 0 Å². The fraction of sp³-hybridized carbons (Fsp3) is 0.375. The molecule has 0 aliphatic carbocycles. The average molecular weight is 323 g/mol. The number of furan rings is 1. The Bertz CT molecular complexity index is 535. The minimum absolute atomic E-state index is 0.156. The molecule has 0 saturated carbocycles. The van der Waals surface area contributed by atoms with E-state index in [1.165, 1.54) is 5.56 Å². The fourth-order valence-corrected chi connectivity index (χ4v) is 2.29. The van der Waals surface area contributed by atoms with Gasteiger partial charge in [0.2, 0.25) is 0 Å². The highest BCUT2D eigenvalue weighted by atomic mass is 79.9. The lowest BCUT2D eigenvalue weighted by molar-refractivity contribution is 0.149. The predicted octanol–water partition coefficient (Wildman–Crippen LogP) is 4.62. The van der Waals surface area contributed by atoms with Crippen LogP contribution >= 0.6 is 15.9 Å². The third-order valence-corrected chi connectivity index (χ3v) is 3.60. The average Bonchev–Trinajstić information content (AvgIpc) is 2.75. The van der Waals surface area contributed by atoms with Crippen molar-refractivity contribution in [2.45, 2.75) is 38.7 Å². The summed E-state index contributed by atoms with van der Waals surface area (Å²) in [6.07, 6.45) is -0.0449. The van der Waals surface area contributed by atoms with E-state index in [4.69, 9.17) is 4.42 Å². The van der Waals surface area contributed by atoms with Crippen molar-refractivity contribution < 1.29 is 9.52 Å². The first-order valence-electron chi connectivity index (χ1n) is 6.39. The summed E-state index contributed by atoms with van der Waals surface area (Å²) in [4.78, 5) is 0. The molecule has 1 aromatic heterocycles. The molecular formula is C16H19BrO2. The first kappa shape index (κ1) is 14.4. The maximum Gasteiger partial charge on any atom is 0.169 e. The van der Waals surface area contributed by atoms with E-state index in [9.17, 15) is 5.11 Å². The van der Waals surface area contributed by atoms with Gasteiger partial charge in [-0.1, -0.05) is 45.0 Å². The molecule has 1 unspecified atom stereocenters. The van der Waals surface area contributed by atoms with Gasteiger partial charge in [0.05, 0.1) is 0 Å². The van der Waals surface area contributed by atoms with Gasteiger partial charge >= 0.3 is 0 Å². The van der Waals surface area contributed by atoms with Crippen molar-refractivity contribution in [2.75, 3.05) is 0 Å². The topological polar surface area (TPSA) is 33.4 Å². The molecule has 0 aliphatic heterocycles. The Hall–Kier alpha value is -1.06. The summed E-state index contributed by atoms with van der Waals surface area (Å²) in [5, 5.41) is 10.1. The van der Waals surface area contributed by atoms with Crippen molar-refractivity contribution in [3.63, 3.8) is 0 Å². The first-order chi connectivity index (χ1) is 8.86. The van der Waals surface area contributed by atoms with Crippen molar-refractivity contribution in [1.82, 2.24) is 0 Å². The molecule has 2 rings (SSSR count).